The smallest absolute Gasteiger partial charge is 0.317 e. The number of rotatable bonds is 6. The molecule has 24 heavy (non-hydrogen) atoms. The molecule has 1 aliphatic rings. The van der Waals surface area contributed by atoms with Crippen LogP contribution >= 0.6 is 0 Å². The molecule has 0 bridgehead atoms. The fraction of sp³-hybridized carbons (Fsp3) is 0.500. The van der Waals surface area contributed by atoms with Crippen molar-refractivity contribution in [1.82, 2.24) is 20.4 Å². The lowest BCUT2D eigenvalue weighted by Crippen LogP contribution is -2.50. The first kappa shape index (κ1) is 18.1. The van der Waals surface area contributed by atoms with Crippen molar-refractivity contribution in [1.29, 1.82) is 0 Å². The monoisotopic (exact) mass is 340 g/mol. The molecule has 1 saturated heterocycles. The minimum Gasteiger partial charge on any atom is -0.353 e. The molecule has 0 radical (unpaired) electrons. The van der Waals surface area contributed by atoms with Gasteiger partial charge in [-0.3, -0.25) is 4.79 Å². The zero-order valence-electron chi connectivity index (χ0n) is 13.8. The third kappa shape index (κ3) is 4.41. The number of hydrogen-bond donors (Lipinski definition) is 2. The average molecular weight is 340 g/mol. The fourth-order valence-electron chi connectivity index (χ4n) is 2.64. The topological polar surface area (TPSA) is 64.7 Å². The van der Waals surface area contributed by atoms with E-state index < -0.39 is 17.7 Å². The van der Waals surface area contributed by atoms with E-state index in [2.05, 4.69) is 10.6 Å². The van der Waals surface area contributed by atoms with Gasteiger partial charge >= 0.3 is 6.03 Å². The van der Waals surface area contributed by atoms with Crippen LogP contribution in [0.5, 0.6) is 0 Å². The maximum absolute atomic E-state index is 14.0. The lowest BCUT2D eigenvalue weighted by Gasteiger charge is -2.28. The van der Waals surface area contributed by atoms with Gasteiger partial charge in [0.25, 0.3) is 0 Å². The molecule has 2 N–H and O–H groups in total. The second-order valence-electron chi connectivity index (χ2n) is 5.93. The molecule has 1 unspecified atom stereocenters. The molecule has 1 aromatic rings. The Morgan fingerprint density at radius 3 is 2.62 bits per heavy atom. The van der Waals surface area contributed by atoms with E-state index >= 15 is 0 Å². The van der Waals surface area contributed by atoms with Gasteiger partial charge in [0.05, 0.1) is 6.04 Å². The lowest BCUT2D eigenvalue weighted by atomic mass is 10.0. The van der Waals surface area contributed by atoms with Crippen LogP contribution < -0.4 is 10.6 Å². The van der Waals surface area contributed by atoms with Gasteiger partial charge in [-0.25, -0.2) is 13.6 Å². The summed E-state index contributed by atoms with van der Waals surface area (Å²) in [6.45, 7) is 1.08. The Kier molecular flexibility index (Phi) is 6.08. The third-order valence-corrected chi connectivity index (χ3v) is 3.95. The Hall–Kier alpha value is -2.22. The van der Waals surface area contributed by atoms with Crippen molar-refractivity contribution in [2.45, 2.75) is 12.5 Å². The number of nitrogens with one attached hydrogen (secondary N) is 2. The van der Waals surface area contributed by atoms with E-state index in [1.807, 2.05) is 0 Å². The van der Waals surface area contributed by atoms with E-state index in [1.165, 1.54) is 23.1 Å². The standard InChI is InChI=1S/C16H22F2N4O2/c1-21(2)13(15-11(17)5-3-6-12(15)18)9-20-14(23)10-22-8-4-7-19-16(22)24/h3,5-6,13H,4,7-10H2,1-2H3,(H,19,24)(H,20,23). The van der Waals surface area contributed by atoms with Gasteiger partial charge in [0.1, 0.15) is 18.2 Å². The van der Waals surface area contributed by atoms with Crippen LogP contribution in [0.25, 0.3) is 0 Å². The number of amides is 3. The number of likely N-dealkylation sites (N-methyl/N-ethyl adjacent to an activating group) is 1. The van der Waals surface area contributed by atoms with Gasteiger partial charge in [-0.05, 0) is 32.6 Å². The Labute approximate surface area is 139 Å². The molecular formula is C16H22F2N4O2. The molecule has 3 amide bonds. The number of benzene rings is 1. The summed E-state index contributed by atoms with van der Waals surface area (Å²) in [5.41, 5.74) is -0.0847. The van der Waals surface area contributed by atoms with Crippen molar-refractivity contribution in [3.05, 3.63) is 35.4 Å². The summed E-state index contributed by atoms with van der Waals surface area (Å²) in [6.07, 6.45) is 0.778. The van der Waals surface area contributed by atoms with Crippen molar-refractivity contribution < 1.29 is 18.4 Å². The van der Waals surface area contributed by atoms with E-state index in [0.29, 0.717) is 13.1 Å². The van der Waals surface area contributed by atoms with E-state index in [9.17, 15) is 18.4 Å². The number of halogens is 2. The Bertz CT molecular complexity index is 589. The van der Waals surface area contributed by atoms with Crippen LogP contribution in [-0.4, -0.2) is 62.0 Å². The molecule has 0 aliphatic carbocycles. The molecule has 1 aromatic carbocycles. The molecule has 0 spiro atoms. The van der Waals surface area contributed by atoms with Gasteiger partial charge in [0.2, 0.25) is 5.91 Å². The maximum atomic E-state index is 14.0. The summed E-state index contributed by atoms with van der Waals surface area (Å²) in [4.78, 5) is 26.7. The van der Waals surface area contributed by atoms with Crippen LogP contribution in [0.2, 0.25) is 0 Å². The normalized spacial score (nSPS) is 16.0. The summed E-state index contributed by atoms with van der Waals surface area (Å²) in [5, 5.41) is 5.31. The summed E-state index contributed by atoms with van der Waals surface area (Å²) < 4.78 is 27.9. The van der Waals surface area contributed by atoms with Gasteiger partial charge in [-0.15, -0.1) is 0 Å². The second-order valence-corrected chi connectivity index (χ2v) is 5.93. The molecule has 0 aromatic heterocycles. The highest BCUT2D eigenvalue weighted by molar-refractivity contribution is 5.84. The van der Waals surface area contributed by atoms with Crippen LogP contribution in [0.4, 0.5) is 13.6 Å². The third-order valence-electron chi connectivity index (χ3n) is 3.95. The maximum Gasteiger partial charge on any atom is 0.317 e. The fourth-order valence-corrected chi connectivity index (χ4v) is 2.64. The molecular weight excluding hydrogens is 318 g/mol. The molecule has 2 rings (SSSR count). The van der Waals surface area contributed by atoms with Crippen LogP contribution in [-0.2, 0) is 4.79 Å². The molecule has 1 heterocycles. The Morgan fingerprint density at radius 1 is 1.38 bits per heavy atom. The van der Waals surface area contributed by atoms with E-state index in [0.717, 1.165) is 6.42 Å². The lowest BCUT2D eigenvalue weighted by molar-refractivity contribution is -0.122. The second kappa shape index (κ2) is 8.05. The van der Waals surface area contributed by atoms with Crippen molar-refractivity contribution >= 4 is 11.9 Å². The average Bonchev–Trinajstić information content (AvgIpc) is 2.52. The quantitative estimate of drug-likeness (QED) is 0.815. The number of carbonyl (C=O) groups excluding carboxylic acids is 2. The molecule has 1 fully saturated rings. The van der Waals surface area contributed by atoms with Gasteiger partial charge in [0.15, 0.2) is 0 Å². The first-order valence-electron chi connectivity index (χ1n) is 7.80. The number of urea groups is 1. The first-order chi connectivity index (χ1) is 11.4. The van der Waals surface area contributed by atoms with Gasteiger partial charge in [-0.1, -0.05) is 6.07 Å². The molecule has 132 valence electrons. The predicted octanol–water partition coefficient (Wildman–Crippen LogP) is 1.10. The number of nitrogens with zero attached hydrogens (tertiary/aromatic N) is 2. The van der Waals surface area contributed by atoms with Gasteiger partial charge in [-0.2, -0.15) is 0 Å². The molecule has 8 heteroatoms. The van der Waals surface area contributed by atoms with Gasteiger partial charge < -0.3 is 20.4 Å². The van der Waals surface area contributed by atoms with Crippen LogP contribution in [0.1, 0.15) is 18.0 Å². The van der Waals surface area contributed by atoms with Crippen molar-refractivity contribution in [3.8, 4) is 0 Å². The largest absolute Gasteiger partial charge is 0.353 e. The molecule has 1 atom stereocenters. The van der Waals surface area contributed by atoms with E-state index in [-0.39, 0.29) is 30.6 Å². The van der Waals surface area contributed by atoms with Crippen LogP contribution in [0.3, 0.4) is 0 Å². The highest BCUT2D eigenvalue weighted by Gasteiger charge is 2.24. The van der Waals surface area contributed by atoms with Crippen LogP contribution in [0.15, 0.2) is 18.2 Å². The van der Waals surface area contributed by atoms with E-state index in [4.69, 9.17) is 0 Å². The predicted molar refractivity (Wildman–Crippen MR) is 85.4 cm³/mol. The van der Waals surface area contributed by atoms with Crippen LogP contribution in [0, 0.1) is 11.6 Å². The molecule has 1 aliphatic heterocycles. The number of hydrogen-bond acceptors (Lipinski definition) is 3. The summed E-state index contributed by atoms with van der Waals surface area (Å²) in [7, 11) is 3.36. The Morgan fingerprint density at radius 2 is 2.04 bits per heavy atom. The SMILES string of the molecule is CN(C)C(CNC(=O)CN1CCCNC1=O)c1c(F)cccc1F. The molecule has 0 saturated carbocycles. The summed E-state index contributed by atoms with van der Waals surface area (Å²) in [6, 6.07) is 2.75. The zero-order valence-corrected chi connectivity index (χ0v) is 13.8. The first-order valence-corrected chi connectivity index (χ1v) is 7.80. The van der Waals surface area contributed by atoms with Crippen molar-refractivity contribution in [2.75, 3.05) is 40.3 Å². The minimum atomic E-state index is -0.654. The van der Waals surface area contributed by atoms with Crippen molar-refractivity contribution in [3.63, 3.8) is 0 Å². The number of carbonyl (C=O) groups is 2. The Balaban J connectivity index is 1.99. The zero-order chi connectivity index (χ0) is 17.7. The summed E-state index contributed by atoms with van der Waals surface area (Å²) >= 11 is 0. The highest BCUT2D eigenvalue weighted by atomic mass is 19.1. The van der Waals surface area contributed by atoms with E-state index in [1.54, 1.807) is 19.0 Å². The van der Waals surface area contributed by atoms with Gasteiger partial charge in [0, 0.05) is 25.2 Å². The van der Waals surface area contributed by atoms with Crippen molar-refractivity contribution in [2.24, 2.45) is 0 Å². The summed E-state index contributed by atoms with van der Waals surface area (Å²) in [5.74, 6) is -1.67. The molecule has 6 nitrogen and oxygen atoms in total. The minimum absolute atomic E-state index is 0.0408. The highest BCUT2D eigenvalue weighted by Crippen LogP contribution is 2.23.